The number of hydrogen-bond donors (Lipinski definition) is 1. The van der Waals surface area contributed by atoms with E-state index in [4.69, 9.17) is 4.74 Å². The summed E-state index contributed by atoms with van der Waals surface area (Å²) in [6.45, 7) is 3.50. The summed E-state index contributed by atoms with van der Waals surface area (Å²) in [7, 11) is 1.67. The molecule has 1 N–H and O–H groups in total. The smallest absolute Gasteiger partial charge is 0.238 e. The molecule has 0 aromatic heterocycles. The van der Waals surface area contributed by atoms with Crippen molar-refractivity contribution in [2.24, 2.45) is 11.8 Å². The average molecular weight is 274 g/mol. The zero-order valence-corrected chi connectivity index (χ0v) is 12.1. The Morgan fingerprint density at radius 1 is 1.40 bits per heavy atom. The number of carbonyl (C=O) groups excluding carboxylic acids is 1. The van der Waals surface area contributed by atoms with Gasteiger partial charge in [0.25, 0.3) is 0 Å². The van der Waals surface area contributed by atoms with Crippen molar-refractivity contribution in [3.05, 3.63) is 29.8 Å². The summed E-state index contributed by atoms with van der Waals surface area (Å²) in [6.07, 6.45) is 2.58. The van der Waals surface area contributed by atoms with Crippen LogP contribution in [0.15, 0.2) is 24.3 Å². The van der Waals surface area contributed by atoms with Gasteiger partial charge in [0.2, 0.25) is 5.91 Å². The second kappa shape index (κ2) is 5.44. The number of ether oxygens (including phenoxy) is 1. The molecule has 1 aliphatic heterocycles. The van der Waals surface area contributed by atoms with Crippen LogP contribution in [0.1, 0.15) is 31.5 Å². The predicted octanol–water partition coefficient (Wildman–Crippen LogP) is 2.17. The summed E-state index contributed by atoms with van der Waals surface area (Å²) in [5, 5.41) is 3.31. The third-order valence-corrected chi connectivity index (χ3v) is 4.42. The third kappa shape index (κ3) is 2.52. The van der Waals surface area contributed by atoms with E-state index in [0.29, 0.717) is 12.5 Å². The van der Waals surface area contributed by atoms with Crippen molar-refractivity contribution in [3.8, 4) is 5.75 Å². The molecule has 3 rings (SSSR count). The predicted molar refractivity (Wildman–Crippen MR) is 77.3 cm³/mol. The fraction of sp³-hybridized carbons (Fsp3) is 0.562. The number of nitrogens with zero attached hydrogens (tertiary/aromatic N) is 1. The number of rotatable bonds is 5. The van der Waals surface area contributed by atoms with Crippen LogP contribution < -0.4 is 10.1 Å². The van der Waals surface area contributed by atoms with Gasteiger partial charge in [-0.25, -0.2) is 0 Å². The van der Waals surface area contributed by atoms with Crippen molar-refractivity contribution in [2.75, 3.05) is 20.2 Å². The number of benzene rings is 1. The van der Waals surface area contributed by atoms with Gasteiger partial charge < -0.3 is 9.64 Å². The van der Waals surface area contributed by atoms with E-state index in [1.165, 1.54) is 12.8 Å². The summed E-state index contributed by atoms with van der Waals surface area (Å²) in [5.41, 5.74) is 1.05. The number of nitrogens with one attached hydrogen (secondary N) is 1. The number of carbonyl (C=O) groups is 1. The topological polar surface area (TPSA) is 41.6 Å². The third-order valence-electron chi connectivity index (χ3n) is 4.42. The van der Waals surface area contributed by atoms with Crippen molar-refractivity contribution >= 4 is 5.91 Å². The molecule has 0 bridgehead atoms. The summed E-state index contributed by atoms with van der Waals surface area (Å²) < 4.78 is 5.43. The van der Waals surface area contributed by atoms with E-state index >= 15 is 0 Å². The van der Waals surface area contributed by atoms with Gasteiger partial charge >= 0.3 is 0 Å². The van der Waals surface area contributed by atoms with Crippen LogP contribution in [0, 0.1) is 11.8 Å². The molecule has 4 nitrogen and oxygen atoms in total. The molecular formula is C16H22N2O2. The molecule has 2 aliphatic rings. The van der Waals surface area contributed by atoms with Crippen molar-refractivity contribution in [1.29, 1.82) is 0 Å². The molecule has 1 saturated carbocycles. The largest absolute Gasteiger partial charge is 0.496 e. The average Bonchev–Trinajstić information content (AvgIpc) is 3.26. The van der Waals surface area contributed by atoms with E-state index in [2.05, 4.69) is 12.2 Å². The van der Waals surface area contributed by atoms with Crippen molar-refractivity contribution in [1.82, 2.24) is 10.2 Å². The lowest BCUT2D eigenvalue weighted by atomic mass is 10.0. The molecule has 0 radical (unpaired) electrons. The lowest BCUT2D eigenvalue weighted by Gasteiger charge is -2.28. The van der Waals surface area contributed by atoms with Crippen LogP contribution >= 0.6 is 0 Å². The molecule has 2 fully saturated rings. The lowest BCUT2D eigenvalue weighted by Crippen LogP contribution is -2.34. The molecule has 1 heterocycles. The molecule has 0 spiro atoms. The maximum absolute atomic E-state index is 12.2. The molecule has 2 atom stereocenters. The highest BCUT2D eigenvalue weighted by molar-refractivity contribution is 5.81. The first kappa shape index (κ1) is 13.4. The molecule has 20 heavy (non-hydrogen) atoms. The van der Waals surface area contributed by atoms with E-state index in [-0.39, 0.29) is 12.1 Å². The Morgan fingerprint density at radius 2 is 2.15 bits per heavy atom. The number of methoxy groups -OCH3 is 1. The molecule has 108 valence electrons. The standard InChI is InChI=1S/C16H22N2O2/c1-11(12-7-8-12)10-18-15(19)9-17-16(18)13-5-3-4-6-14(13)20-2/h3-6,11-12,16-17H,7-10H2,1-2H3. The monoisotopic (exact) mass is 274 g/mol. The van der Waals surface area contributed by atoms with E-state index < -0.39 is 0 Å². The summed E-state index contributed by atoms with van der Waals surface area (Å²) in [4.78, 5) is 14.1. The molecule has 2 unspecified atom stereocenters. The first-order valence-electron chi connectivity index (χ1n) is 7.36. The van der Waals surface area contributed by atoms with Crippen LogP contribution in [-0.4, -0.2) is 31.0 Å². The van der Waals surface area contributed by atoms with Gasteiger partial charge in [0.15, 0.2) is 0 Å². The SMILES string of the molecule is COc1ccccc1C1NCC(=O)N1CC(C)C1CC1. The van der Waals surface area contributed by atoms with Gasteiger partial charge in [0.05, 0.1) is 13.7 Å². The van der Waals surface area contributed by atoms with Crippen LogP contribution in [0.2, 0.25) is 0 Å². The summed E-state index contributed by atoms with van der Waals surface area (Å²) >= 11 is 0. The highest BCUT2D eigenvalue weighted by Crippen LogP contribution is 2.38. The quantitative estimate of drug-likeness (QED) is 0.894. The minimum Gasteiger partial charge on any atom is -0.496 e. The van der Waals surface area contributed by atoms with Crippen LogP contribution in [0.5, 0.6) is 5.75 Å². The first-order valence-corrected chi connectivity index (χ1v) is 7.36. The summed E-state index contributed by atoms with van der Waals surface area (Å²) in [5.74, 6) is 2.41. The van der Waals surface area contributed by atoms with Crippen LogP contribution in [0.3, 0.4) is 0 Å². The normalized spacial score (nSPS) is 24.0. The first-order chi connectivity index (χ1) is 9.70. The number of amides is 1. The molecule has 1 saturated heterocycles. The Labute approximate surface area is 120 Å². The Kier molecular flexibility index (Phi) is 3.66. The van der Waals surface area contributed by atoms with Crippen LogP contribution in [0.4, 0.5) is 0 Å². The minimum absolute atomic E-state index is 0.0557. The van der Waals surface area contributed by atoms with Gasteiger partial charge in [0, 0.05) is 12.1 Å². The second-order valence-electron chi connectivity index (χ2n) is 5.89. The van der Waals surface area contributed by atoms with Gasteiger partial charge in [-0.05, 0) is 30.7 Å². The van der Waals surface area contributed by atoms with E-state index in [1.54, 1.807) is 7.11 Å². The molecule has 4 heteroatoms. The van der Waals surface area contributed by atoms with Crippen LogP contribution in [0.25, 0.3) is 0 Å². The van der Waals surface area contributed by atoms with Gasteiger partial charge in [-0.2, -0.15) is 0 Å². The van der Waals surface area contributed by atoms with Crippen molar-refractivity contribution in [2.45, 2.75) is 25.9 Å². The van der Waals surface area contributed by atoms with E-state index in [1.807, 2.05) is 29.2 Å². The summed E-state index contributed by atoms with van der Waals surface area (Å²) in [6, 6.07) is 7.92. The zero-order valence-electron chi connectivity index (χ0n) is 12.1. The Hall–Kier alpha value is -1.55. The number of para-hydroxylation sites is 1. The molecule has 1 amide bonds. The van der Waals surface area contributed by atoms with Gasteiger partial charge in [0.1, 0.15) is 11.9 Å². The Morgan fingerprint density at radius 3 is 2.85 bits per heavy atom. The fourth-order valence-corrected chi connectivity index (χ4v) is 3.04. The molecule has 1 aliphatic carbocycles. The highest BCUT2D eigenvalue weighted by atomic mass is 16.5. The second-order valence-corrected chi connectivity index (χ2v) is 5.89. The minimum atomic E-state index is -0.0557. The number of hydrogen-bond acceptors (Lipinski definition) is 3. The zero-order chi connectivity index (χ0) is 14.1. The Balaban J connectivity index is 1.81. The van der Waals surface area contributed by atoms with E-state index in [0.717, 1.165) is 23.8 Å². The van der Waals surface area contributed by atoms with Gasteiger partial charge in [-0.15, -0.1) is 0 Å². The molecular weight excluding hydrogens is 252 g/mol. The van der Waals surface area contributed by atoms with Crippen molar-refractivity contribution in [3.63, 3.8) is 0 Å². The maximum Gasteiger partial charge on any atom is 0.238 e. The molecule has 1 aromatic rings. The molecule has 1 aromatic carbocycles. The fourth-order valence-electron chi connectivity index (χ4n) is 3.04. The van der Waals surface area contributed by atoms with Gasteiger partial charge in [-0.3, -0.25) is 10.1 Å². The maximum atomic E-state index is 12.2. The van der Waals surface area contributed by atoms with E-state index in [9.17, 15) is 4.79 Å². The van der Waals surface area contributed by atoms with Crippen molar-refractivity contribution < 1.29 is 9.53 Å². The highest BCUT2D eigenvalue weighted by Gasteiger charge is 2.37. The Bertz CT molecular complexity index is 499. The van der Waals surface area contributed by atoms with Gasteiger partial charge in [-0.1, -0.05) is 25.1 Å². The lowest BCUT2D eigenvalue weighted by molar-refractivity contribution is -0.128. The van der Waals surface area contributed by atoms with Crippen LogP contribution in [-0.2, 0) is 4.79 Å².